The normalized spacial score (nSPS) is 19.5. The van der Waals surface area contributed by atoms with Crippen molar-refractivity contribution in [2.45, 2.75) is 26.2 Å². The van der Waals surface area contributed by atoms with E-state index in [1.165, 1.54) is 18.5 Å². The quantitative estimate of drug-likeness (QED) is 0.242. The first kappa shape index (κ1) is 24.6. The number of rotatable bonds is 6. The molecule has 10 nitrogen and oxygen atoms in total. The monoisotopic (exact) mass is 512 g/mol. The molecule has 3 heterocycles. The average molecular weight is 513 g/mol. The number of aliphatic hydroxyl groups is 1. The summed E-state index contributed by atoms with van der Waals surface area (Å²) in [6.45, 7) is 2.22. The van der Waals surface area contributed by atoms with E-state index in [0.717, 1.165) is 31.4 Å². The first-order valence-corrected chi connectivity index (χ1v) is 11.8. The van der Waals surface area contributed by atoms with Gasteiger partial charge in [-0.3, -0.25) is 10.8 Å². The molecule has 1 unspecified atom stereocenters. The lowest BCUT2D eigenvalue weighted by Crippen LogP contribution is -2.38. The van der Waals surface area contributed by atoms with E-state index in [1.54, 1.807) is 0 Å². The molecule has 37 heavy (non-hydrogen) atoms. The molecule has 1 aliphatic heterocycles. The third-order valence-corrected chi connectivity index (χ3v) is 6.47. The Labute approximate surface area is 210 Å². The molecule has 1 aromatic carbocycles. The number of hydrogen-bond acceptors (Lipinski definition) is 9. The first-order valence-electron chi connectivity index (χ1n) is 11.8. The molecule has 2 aromatic heterocycles. The zero-order chi connectivity index (χ0) is 26.2. The Morgan fingerprint density at radius 3 is 2.68 bits per heavy atom. The van der Waals surface area contributed by atoms with E-state index in [0.29, 0.717) is 17.6 Å². The number of anilines is 1. The van der Waals surface area contributed by atoms with Crippen LogP contribution in [0.4, 0.5) is 14.5 Å². The number of ether oxygens (including phenoxy) is 3. The van der Waals surface area contributed by atoms with E-state index in [-0.39, 0.29) is 53.9 Å². The van der Waals surface area contributed by atoms with Crippen molar-refractivity contribution in [3.63, 3.8) is 0 Å². The smallest absolute Gasteiger partial charge is 0.289 e. The maximum atomic E-state index is 15.0. The molecule has 0 amide bonds. The van der Waals surface area contributed by atoms with E-state index < -0.39 is 22.8 Å². The Kier molecular flexibility index (Phi) is 6.50. The lowest BCUT2D eigenvalue weighted by Gasteiger charge is -2.30. The Bertz CT molecular complexity index is 1380. The zero-order valence-electron chi connectivity index (χ0n) is 20.0. The molecule has 1 fully saturated rings. The number of H-pyrrole nitrogens is 1. The molecule has 2 aliphatic rings. The summed E-state index contributed by atoms with van der Waals surface area (Å²) >= 11 is 0. The number of benzene rings is 1. The number of aliphatic imine (C=N–C) groups is 1. The van der Waals surface area contributed by atoms with Crippen LogP contribution in [-0.4, -0.2) is 52.7 Å². The third kappa shape index (κ3) is 4.96. The van der Waals surface area contributed by atoms with Gasteiger partial charge in [-0.15, -0.1) is 0 Å². The highest BCUT2D eigenvalue weighted by molar-refractivity contribution is 6.10. The summed E-state index contributed by atoms with van der Waals surface area (Å²) in [6.07, 6.45) is 5.60. The Morgan fingerprint density at radius 2 is 2.05 bits per heavy atom. The largest absolute Gasteiger partial charge is 0.464 e. The first-order chi connectivity index (χ1) is 17.8. The van der Waals surface area contributed by atoms with E-state index in [9.17, 15) is 13.9 Å². The van der Waals surface area contributed by atoms with Crippen molar-refractivity contribution in [3.05, 3.63) is 47.8 Å². The van der Waals surface area contributed by atoms with E-state index in [4.69, 9.17) is 25.0 Å². The van der Waals surface area contributed by atoms with Gasteiger partial charge in [-0.2, -0.15) is 0 Å². The van der Waals surface area contributed by atoms with Crippen molar-refractivity contribution in [3.8, 4) is 11.5 Å². The van der Waals surface area contributed by atoms with E-state index in [1.807, 2.05) is 6.92 Å². The number of aliphatic hydroxyl groups excluding tert-OH is 1. The molecular formula is C25H26F2N6O4. The maximum Gasteiger partial charge on any atom is 0.289 e. The highest BCUT2D eigenvalue weighted by Crippen LogP contribution is 2.36. The number of nitrogens with zero attached hydrogens (tertiary/aromatic N) is 2. The van der Waals surface area contributed by atoms with Gasteiger partial charge in [-0.1, -0.05) is 13.3 Å². The second-order valence-electron chi connectivity index (χ2n) is 9.53. The second kappa shape index (κ2) is 9.77. The van der Waals surface area contributed by atoms with Crippen molar-refractivity contribution in [1.82, 2.24) is 9.97 Å². The number of aromatic nitrogens is 2. The fourth-order valence-electron chi connectivity index (χ4n) is 3.94. The van der Waals surface area contributed by atoms with Gasteiger partial charge in [0.05, 0.1) is 24.1 Å². The molecule has 5 N–H and O–H groups in total. The molecule has 0 saturated heterocycles. The molecule has 1 aliphatic carbocycles. The lowest BCUT2D eigenvalue weighted by molar-refractivity contribution is 0.0706. The number of pyridine rings is 1. The molecule has 0 spiro atoms. The maximum absolute atomic E-state index is 15.0. The predicted octanol–water partition coefficient (Wildman–Crippen LogP) is 4.55. The van der Waals surface area contributed by atoms with Crippen molar-refractivity contribution in [2.24, 2.45) is 16.3 Å². The highest BCUT2D eigenvalue weighted by atomic mass is 19.1. The minimum Gasteiger partial charge on any atom is -0.464 e. The third-order valence-electron chi connectivity index (χ3n) is 6.47. The molecule has 0 radical (unpaired) electrons. The molecule has 1 saturated carbocycles. The number of nitrogens with one attached hydrogen (secondary N) is 4. The summed E-state index contributed by atoms with van der Waals surface area (Å²) in [5.74, 6) is -2.79. The minimum atomic E-state index is -0.973. The van der Waals surface area contributed by atoms with Crippen molar-refractivity contribution in [2.75, 3.05) is 25.1 Å². The van der Waals surface area contributed by atoms with Gasteiger partial charge in [0.2, 0.25) is 5.90 Å². The van der Waals surface area contributed by atoms with E-state index in [2.05, 4.69) is 20.3 Å². The number of aromatic amines is 1. The molecule has 1 atom stereocenters. The van der Waals surface area contributed by atoms with Crippen molar-refractivity contribution in [1.29, 1.82) is 10.8 Å². The van der Waals surface area contributed by atoms with Gasteiger partial charge in [0, 0.05) is 41.5 Å². The Balaban J connectivity index is 1.37. The summed E-state index contributed by atoms with van der Waals surface area (Å²) in [7, 11) is 0. The predicted molar refractivity (Wildman–Crippen MR) is 133 cm³/mol. The number of fused-ring (bicyclic) bond motifs is 1. The standard InChI is InChI=1S/C25H26F2N6O4/c1-25(11-34)10-32-24(35-12-25)33-14-7-16(26)20(17(27)8-14)36-18-5-6-30-23-19(18)15(9-31-23)22(29)37-21(28)13-3-2-4-13/h5-9,13,28-29,34H,2-4,10-12H2,1H3,(H,30,31)(H,32,33). The second-order valence-corrected chi connectivity index (χ2v) is 9.53. The Hall–Kier alpha value is -4.06. The highest BCUT2D eigenvalue weighted by Gasteiger charge is 2.29. The fourth-order valence-corrected chi connectivity index (χ4v) is 3.94. The topological polar surface area (TPSA) is 149 Å². The van der Waals surface area contributed by atoms with Crippen molar-refractivity contribution < 1.29 is 28.1 Å². The van der Waals surface area contributed by atoms with Crippen LogP contribution in [-0.2, 0) is 9.47 Å². The van der Waals surface area contributed by atoms with Crippen LogP contribution in [0.5, 0.6) is 11.5 Å². The van der Waals surface area contributed by atoms with Gasteiger partial charge in [0.15, 0.2) is 23.3 Å². The molecule has 3 aromatic rings. The van der Waals surface area contributed by atoms with Crippen LogP contribution in [0.3, 0.4) is 0 Å². The van der Waals surface area contributed by atoms with Crippen LogP contribution >= 0.6 is 0 Å². The van der Waals surface area contributed by atoms with Gasteiger partial charge in [0.1, 0.15) is 18.0 Å². The molecule has 5 rings (SSSR count). The number of hydrogen-bond donors (Lipinski definition) is 5. The number of halogens is 2. The van der Waals surface area contributed by atoms with Crippen LogP contribution < -0.4 is 10.1 Å². The van der Waals surface area contributed by atoms with Gasteiger partial charge in [0.25, 0.3) is 6.02 Å². The van der Waals surface area contributed by atoms with Gasteiger partial charge >= 0.3 is 0 Å². The average Bonchev–Trinajstić information content (AvgIpc) is 3.27. The molecular weight excluding hydrogens is 486 g/mol. The van der Waals surface area contributed by atoms with Crippen LogP contribution in [0, 0.1) is 33.8 Å². The fraction of sp³-hybridized carbons (Fsp3) is 0.360. The lowest BCUT2D eigenvalue weighted by atomic mass is 9.85. The zero-order valence-corrected chi connectivity index (χ0v) is 20.0. The molecule has 0 bridgehead atoms. The summed E-state index contributed by atoms with van der Waals surface area (Å²) in [5.41, 5.74) is 0.146. The summed E-state index contributed by atoms with van der Waals surface area (Å²) in [5, 5.41) is 28.8. The van der Waals surface area contributed by atoms with Crippen molar-refractivity contribution >= 4 is 34.5 Å². The summed E-state index contributed by atoms with van der Waals surface area (Å²) in [6, 6.07) is 3.62. The Morgan fingerprint density at radius 1 is 1.30 bits per heavy atom. The van der Waals surface area contributed by atoms with E-state index >= 15 is 0 Å². The summed E-state index contributed by atoms with van der Waals surface area (Å²) < 4.78 is 46.5. The van der Waals surface area contributed by atoms with Crippen LogP contribution in [0.2, 0.25) is 0 Å². The SMILES string of the molecule is CC1(CO)CN=C(Nc2cc(F)c(Oc3ccnc4[nH]cc(C(=N)OC(=N)C5CCC5)c34)c(F)c2)OC1. The van der Waals surface area contributed by atoms with Gasteiger partial charge in [-0.25, -0.2) is 18.8 Å². The molecule has 12 heteroatoms. The van der Waals surface area contributed by atoms with Crippen LogP contribution in [0.25, 0.3) is 11.0 Å². The van der Waals surface area contributed by atoms with Crippen LogP contribution in [0.15, 0.2) is 35.6 Å². The minimum absolute atomic E-state index is 0.00103. The van der Waals surface area contributed by atoms with Crippen LogP contribution in [0.1, 0.15) is 31.7 Å². The van der Waals surface area contributed by atoms with Gasteiger partial charge < -0.3 is 29.6 Å². The number of amidine groups is 1. The van der Waals surface area contributed by atoms with Gasteiger partial charge in [-0.05, 0) is 18.9 Å². The summed E-state index contributed by atoms with van der Waals surface area (Å²) in [4.78, 5) is 11.3. The molecule has 194 valence electrons.